The SMILES string of the molecule is CC(c1ccccc1)N(C)C(=O)c1ccc(Cn2cncn2)cc1. The fourth-order valence-electron chi connectivity index (χ4n) is 2.59. The largest absolute Gasteiger partial charge is 0.335 e. The van der Waals surface area contributed by atoms with E-state index in [2.05, 4.69) is 10.1 Å². The molecule has 3 rings (SSSR count). The molecule has 1 atom stereocenters. The topological polar surface area (TPSA) is 51.0 Å². The molecule has 5 nitrogen and oxygen atoms in total. The molecule has 1 heterocycles. The van der Waals surface area contributed by atoms with Crippen molar-refractivity contribution in [3.05, 3.63) is 83.9 Å². The molecule has 2 aromatic carbocycles. The minimum Gasteiger partial charge on any atom is -0.335 e. The van der Waals surface area contributed by atoms with Crippen molar-refractivity contribution in [2.24, 2.45) is 0 Å². The first kappa shape index (κ1) is 15.9. The van der Waals surface area contributed by atoms with Gasteiger partial charge in [-0.15, -0.1) is 0 Å². The van der Waals surface area contributed by atoms with E-state index in [-0.39, 0.29) is 11.9 Å². The van der Waals surface area contributed by atoms with Crippen LogP contribution in [-0.2, 0) is 6.54 Å². The van der Waals surface area contributed by atoms with Crippen molar-refractivity contribution in [3.8, 4) is 0 Å². The van der Waals surface area contributed by atoms with E-state index < -0.39 is 0 Å². The first-order chi connectivity index (χ1) is 11.6. The van der Waals surface area contributed by atoms with E-state index >= 15 is 0 Å². The molecule has 1 aromatic heterocycles. The van der Waals surface area contributed by atoms with Crippen LogP contribution in [0, 0.1) is 0 Å². The second kappa shape index (κ2) is 7.08. The lowest BCUT2D eigenvalue weighted by molar-refractivity contribution is 0.0742. The lowest BCUT2D eigenvalue weighted by atomic mass is 10.1. The third-order valence-corrected chi connectivity index (χ3v) is 4.20. The number of nitrogens with zero attached hydrogens (tertiary/aromatic N) is 4. The van der Waals surface area contributed by atoms with Crippen molar-refractivity contribution in [2.45, 2.75) is 19.5 Å². The highest BCUT2D eigenvalue weighted by atomic mass is 16.2. The smallest absolute Gasteiger partial charge is 0.254 e. The van der Waals surface area contributed by atoms with Crippen LogP contribution in [0.3, 0.4) is 0 Å². The van der Waals surface area contributed by atoms with E-state index in [1.54, 1.807) is 15.9 Å². The van der Waals surface area contributed by atoms with Gasteiger partial charge in [0.1, 0.15) is 12.7 Å². The van der Waals surface area contributed by atoms with Gasteiger partial charge in [-0.2, -0.15) is 5.10 Å². The number of carbonyl (C=O) groups excluding carboxylic acids is 1. The molecule has 0 N–H and O–H groups in total. The molecule has 0 aliphatic heterocycles. The van der Waals surface area contributed by atoms with Crippen molar-refractivity contribution in [2.75, 3.05) is 7.05 Å². The number of benzene rings is 2. The molecular weight excluding hydrogens is 300 g/mol. The van der Waals surface area contributed by atoms with E-state index in [1.807, 2.05) is 68.6 Å². The summed E-state index contributed by atoms with van der Waals surface area (Å²) in [4.78, 5) is 18.4. The normalized spacial score (nSPS) is 11.9. The van der Waals surface area contributed by atoms with Crippen LogP contribution < -0.4 is 0 Å². The molecule has 5 heteroatoms. The van der Waals surface area contributed by atoms with Gasteiger partial charge in [0, 0.05) is 12.6 Å². The number of amides is 1. The summed E-state index contributed by atoms with van der Waals surface area (Å²) in [6.45, 7) is 2.68. The highest BCUT2D eigenvalue weighted by molar-refractivity contribution is 5.94. The Bertz CT molecular complexity index is 782. The summed E-state index contributed by atoms with van der Waals surface area (Å²) in [6.07, 6.45) is 3.19. The highest BCUT2D eigenvalue weighted by Gasteiger charge is 2.18. The van der Waals surface area contributed by atoms with Crippen molar-refractivity contribution in [1.82, 2.24) is 19.7 Å². The maximum atomic E-state index is 12.7. The van der Waals surface area contributed by atoms with Gasteiger partial charge in [0.05, 0.1) is 12.6 Å². The summed E-state index contributed by atoms with van der Waals surface area (Å²) in [7, 11) is 1.84. The molecule has 122 valence electrons. The lowest BCUT2D eigenvalue weighted by Crippen LogP contribution is -2.29. The molecule has 0 aliphatic carbocycles. The monoisotopic (exact) mass is 320 g/mol. The van der Waals surface area contributed by atoms with Crippen LogP contribution in [0.2, 0.25) is 0 Å². The Hall–Kier alpha value is -2.95. The van der Waals surface area contributed by atoms with Gasteiger partial charge in [-0.05, 0) is 30.2 Å². The second-order valence-corrected chi connectivity index (χ2v) is 5.79. The molecule has 0 radical (unpaired) electrons. The summed E-state index contributed by atoms with van der Waals surface area (Å²) in [5.74, 6) is 0.0126. The maximum Gasteiger partial charge on any atom is 0.254 e. The zero-order valence-corrected chi connectivity index (χ0v) is 13.8. The summed E-state index contributed by atoms with van der Waals surface area (Å²) < 4.78 is 1.75. The van der Waals surface area contributed by atoms with E-state index in [9.17, 15) is 4.79 Å². The summed E-state index contributed by atoms with van der Waals surface area (Å²) in [6, 6.07) is 17.7. The van der Waals surface area contributed by atoms with Crippen molar-refractivity contribution >= 4 is 5.91 Å². The van der Waals surface area contributed by atoms with Gasteiger partial charge in [0.2, 0.25) is 0 Å². The Morgan fingerprint density at radius 1 is 1.12 bits per heavy atom. The highest BCUT2D eigenvalue weighted by Crippen LogP contribution is 2.20. The van der Waals surface area contributed by atoms with Crippen LogP contribution in [0.1, 0.15) is 34.5 Å². The number of hydrogen-bond acceptors (Lipinski definition) is 3. The average molecular weight is 320 g/mol. The number of hydrogen-bond donors (Lipinski definition) is 0. The Morgan fingerprint density at radius 2 is 1.83 bits per heavy atom. The zero-order valence-electron chi connectivity index (χ0n) is 13.8. The van der Waals surface area contributed by atoms with Gasteiger partial charge >= 0.3 is 0 Å². The fraction of sp³-hybridized carbons (Fsp3) is 0.211. The summed E-state index contributed by atoms with van der Waals surface area (Å²) in [5.41, 5.74) is 2.88. The quantitative estimate of drug-likeness (QED) is 0.725. The molecule has 1 unspecified atom stereocenters. The van der Waals surface area contributed by atoms with E-state index in [1.165, 1.54) is 6.33 Å². The van der Waals surface area contributed by atoms with E-state index in [4.69, 9.17) is 0 Å². The van der Waals surface area contributed by atoms with Gasteiger partial charge in [0.25, 0.3) is 5.91 Å². The van der Waals surface area contributed by atoms with E-state index in [0.29, 0.717) is 12.1 Å². The van der Waals surface area contributed by atoms with Crippen LogP contribution in [-0.4, -0.2) is 32.6 Å². The lowest BCUT2D eigenvalue weighted by Gasteiger charge is -2.25. The second-order valence-electron chi connectivity index (χ2n) is 5.79. The third-order valence-electron chi connectivity index (χ3n) is 4.20. The molecule has 1 amide bonds. The van der Waals surface area contributed by atoms with Crippen molar-refractivity contribution in [3.63, 3.8) is 0 Å². The number of carbonyl (C=O) groups is 1. The number of aromatic nitrogens is 3. The Labute approximate surface area is 141 Å². The predicted molar refractivity (Wildman–Crippen MR) is 92.5 cm³/mol. The van der Waals surface area contributed by atoms with Crippen LogP contribution in [0.4, 0.5) is 0 Å². The molecule has 0 aliphatic rings. The van der Waals surface area contributed by atoms with Gasteiger partial charge < -0.3 is 4.90 Å². The Balaban J connectivity index is 1.70. The molecular formula is C19H20N4O. The first-order valence-electron chi connectivity index (χ1n) is 7.88. The Kier molecular flexibility index (Phi) is 4.70. The third kappa shape index (κ3) is 3.51. The van der Waals surface area contributed by atoms with Crippen LogP contribution in [0.15, 0.2) is 67.3 Å². The Morgan fingerprint density at radius 3 is 2.46 bits per heavy atom. The maximum absolute atomic E-state index is 12.7. The standard InChI is InChI=1S/C19H20N4O/c1-15(17-6-4-3-5-7-17)22(2)19(24)18-10-8-16(9-11-18)12-23-14-20-13-21-23/h3-11,13-15H,12H2,1-2H3. The minimum absolute atomic E-state index is 0.0126. The van der Waals surface area contributed by atoms with Crippen LogP contribution >= 0.6 is 0 Å². The molecule has 24 heavy (non-hydrogen) atoms. The predicted octanol–water partition coefficient (Wildman–Crippen LogP) is 3.16. The van der Waals surface area contributed by atoms with Gasteiger partial charge in [-0.1, -0.05) is 42.5 Å². The number of rotatable bonds is 5. The van der Waals surface area contributed by atoms with Crippen LogP contribution in [0.25, 0.3) is 0 Å². The fourth-order valence-corrected chi connectivity index (χ4v) is 2.59. The molecule has 0 fully saturated rings. The molecule has 0 saturated heterocycles. The van der Waals surface area contributed by atoms with Gasteiger partial charge in [-0.25, -0.2) is 9.67 Å². The first-order valence-corrected chi connectivity index (χ1v) is 7.88. The van der Waals surface area contributed by atoms with E-state index in [0.717, 1.165) is 11.1 Å². The van der Waals surface area contributed by atoms with Crippen molar-refractivity contribution in [1.29, 1.82) is 0 Å². The summed E-state index contributed by atoms with van der Waals surface area (Å²) >= 11 is 0. The minimum atomic E-state index is 0.0126. The molecule has 0 bridgehead atoms. The molecule has 0 saturated carbocycles. The van der Waals surface area contributed by atoms with Gasteiger partial charge in [0.15, 0.2) is 0 Å². The van der Waals surface area contributed by atoms with Crippen LogP contribution in [0.5, 0.6) is 0 Å². The zero-order chi connectivity index (χ0) is 16.9. The van der Waals surface area contributed by atoms with Crippen molar-refractivity contribution < 1.29 is 4.79 Å². The molecule has 3 aromatic rings. The summed E-state index contributed by atoms with van der Waals surface area (Å²) in [5, 5.41) is 4.08. The molecule has 0 spiro atoms. The average Bonchev–Trinajstić information content (AvgIpc) is 3.14. The van der Waals surface area contributed by atoms with Gasteiger partial charge in [-0.3, -0.25) is 4.79 Å².